The summed E-state index contributed by atoms with van der Waals surface area (Å²) in [6.07, 6.45) is 2.09. The van der Waals surface area contributed by atoms with Gasteiger partial charge in [-0.15, -0.1) is 0 Å². The maximum Gasteiger partial charge on any atom is 0.307 e. The van der Waals surface area contributed by atoms with Gasteiger partial charge in [-0.1, -0.05) is 36.8 Å². The molecule has 1 amide bonds. The van der Waals surface area contributed by atoms with E-state index in [0.717, 1.165) is 12.0 Å². The Morgan fingerprint density at radius 1 is 1.21 bits per heavy atom. The highest BCUT2D eigenvalue weighted by Gasteiger charge is 2.37. The number of nitrogens with one attached hydrogen (secondary N) is 1. The fourth-order valence-corrected chi connectivity index (χ4v) is 2.71. The van der Waals surface area contributed by atoms with Crippen molar-refractivity contribution in [2.45, 2.75) is 32.2 Å². The molecule has 3 atom stereocenters. The summed E-state index contributed by atoms with van der Waals surface area (Å²) in [5.74, 6) is -1.90. The van der Waals surface area contributed by atoms with E-state index in [1.807, 2.05) is 37.3 Å². The van der Waals surface area contributed by atoms with Crippen molar-refractivity contribution < 1.29 is 14.7 Å². The summed E-state index contributed by atoms with van der Waals surface area (Å²) >= 11 is 0. The van der Waals surface area contributed by atoms with Gasteiger partial charge < -0.3 is 10.4 Å². The zero-order valence-corrected chi connectivity index (χ0v) is 11.0. The molecule has 0 radical (unpaired) electrons. The molecule has 0 bridgehead atoms. The minimum Gasteiger partial charge on any atom is -0.481 e. The number of carboxylic acids is 1. The molecule has 0 heterocycles. The van der Waals surface area contributed by atoms with Crippen LogP contribution in [0.25, 0.3) is 0 Å². The van der Waals surface area contributed by atoms with E-state index in [1.165, 1.54) is 0 Å². The maximum absolute atomic E-state index is 12.2. The van der Waals surface area contributed by atoms with Gasteiger partial charge in [-0.05, 0) is 25.3 Å². The second kappa shape index (κ2) is 5.87. The largest absolute Gasteiger partial charge is 0.481 e. The molecule has 1 saturated carbocycles. The second-order valence-electron chi connectivity index (χ2n) is 5.12. The molecule has 0 saturated heterocycles. The van der Waals surface area contributed by atoms with Gasteiger partial charge in [0.1, 0.15) is 0 Å². The molecule has 2 rings (SSSR count). The number of rotatable bonds is 4. The maximum atomic E-state index is 12.2. The fraction of sp³-hybridized carbons (Fsp3) is 0.467. The number of hydrogen-bond donors (Lipinski definition) is 2. The second-order valence-corrected chi connectivity index (χ2v) is 5.12. The van der Waals surface area contributed by atoms with Crippen molar-refractivity contribution in [2.75, 3.05) is 0 Å². The minimum absolute atomic E-state index is 0.0938. The van der Waals surface area contributed by atoms with Crippen molar-refractivity contribution in [2.24, 2.45) is 11.8 Å². The van der Waals surface area contributed by atoms with E-state index in [1.54, 1.807) is 0 Å². The number of aliphatic carboxylic acids is 1. The Bertz CT molecular complexity index is 458. The van der Waals surface area contributed by atoms with E-state index in [9.17, 15) is 9.59 Å². The first-order chi connectivity index (χ1) is 9.09. The lowest BCUT2D eigenvalue weighted by Crippen LogP contribution is -2.36. The Hall–Kier alpha value is -1.84. The minimum atomic E-state index is -0.856. The Balaban J connectivity index is 1.99. The van der Waals surface area contributed by atoms with E-state index >= 15 is 0 Å². The van der Waals surface area contributed by atoms with Crippen molar-refractivity contribution in [3.8, 4) is 0 Å². The summed E-state index contributed by atoms with van der Waals surface area (Å²) in [6, 6.07) is 9.59. The van der Waals surface area contributed by atoms with E-state index in [0.29, 0.717) is 12.8 Å². The van der Waals surface area contributed by atoms with Crippen LogP contribution in [0, 0.1) is 11.8 Å². The van der Waals surface area contributed by atoms with Crippen LogP contribution in [-0.4, -0.2) is 17.0 Å². The summed E-state index contributed by atoms with van der Waals surface area (Å²) in [4.78, 5) is 23.3. The van der Waals surface area contributed by atoms with Crippen LogP contribution in [-0.2, 0) is 9.59 Å². The molecule has 2 unspecified atom stereocenters. The average Bonchev–Trinajstić information content (AvgIpc) is 2.89. The predicted octanol–water partition coefficient (Wildman–Crippen LogP) is 2.36. The van der Waals surface area contributed by atoms with Gasteiger partial charge in [0.15, 0.2) is 0 Å². The number of amides is 1. The highest BCUT2D eigenvalue weighted by atomic mass is 16.4. The van der Waals surface area contributed by atoms with Crippen LogP contribution in [0.5, 0.6) is 0 Å². The summed E-state index contributed by atoms with van der Waals surface area (Å²) in [5.41, 5.74) is 1.03. The molecule has 102 valence electrons. The number of carbonyl (C=O) groups excluding carboxylic acids is 1. The van der Waals surface area contributed by atoms with Gasteiger partial charge in [0.25, 0.3) is 0 Å². The fourth-order valence-electron chi connectivity index (χ4n) is 2.71. The van der Waals surface area contributed by atoms with Gasteiger partial charge in [-0.25, -0.2) is 0 Å². The van der Waals surface area contributed by atoms with Gasteiger partial charge >= 0.3 is 5.97 Å². The van der Waals surface area contributed by atoms with Crippen molar-refractivity contribution in [3.05, 3.63) is 35.9 Å². The molecule has 1 fully saturated rings. The molecule has 2 N–H and O–H groups in total. The molecule has 1 aromatic carbocycles. The first-order valence-electron chi connectivity index (χ1n) is 6.67. The number of carbonyl (C=O) groups is 2. The monoisotopic (exact) mass is 261 g/mol. The van der Waals surface area contributed by atoms with Gasteiger partial charge in [0, 0.05) is 0 Å². The molecule has 0 spiro atoms. The smallest absolute Gasteiger partial charge is 0.307 e. The first kappa shape index (κ1) is 13.6. The van der Waals surface area contributed by atoms with E-state index < -0.39 is 11.9 Å². The van der Waals surface area contributed by atoms with Gasteiger partial charge in [0.05, 0.1) is 17.9 Å². The molecule has 0 aliphatic heterocycles. The van der Waals surface area contributed by atoms with Crippen LogP contribution in [0.1, 0.15) is 37.8 Å². The first-order valence-corrected chi connectivity index (χ1v) is 6.67. The third kappa shape index (κ3) is 3.13. The summed E-state index contributed by atoms with van der Waals surface area (Å²) in [5, 5.41) is 12.0. The quantitative estimate of drug-likeness (QED) is 0.874. The van der Waals surface area contributed by atoms with Crippen LogP contribution in [0.2, 0.25) is 0 Å². The third-order valence-electron chi connectivity index (χ3n) is 3.83. The molecule has 1 aromatic rings. The van der Waals surface area contributed by atoms with Crippen molar-refractivity contribution in [1.29, 1.82) is 0 Å². The molecular formula is C15H19NO3. The van der Waals surface area contributed by atoms with Gasteiger partial charge in [-0.2, -0.15) is 0 Å². The third-order valence-corrected chi connectivity index (χ3v) is 3.83. The zero-order valence-electron chi connectivity index (χ0n) is 11.0. The highest BCUT2D eigenvalue weighted by Crippen LogP contribution is 2.32. The summed E-state index contributed by atoms with van der Waals surface area (Å²) < 4.78 is 0. The van der Waals surface area contributed by atoms with Crippen LogP contribution in [0.15, 0.2) is 30.3 Å². The Morgan fingerprint density at radius 3 is 2.47 bits per heavy atom. The van der Waals surface area contributed by atoms with E-state index in [2.05, 4.69) is 5.32 Å². The Morgan fingerprint density at radius 2 is 1.84 bits per heavy atom. The zero-order chi connectivity index (χ0) is 13.8. The number of carboxylic acid groups (broad SMARTS) is 1. The van der Waals surface area contributed by atoms with Crippen LogP contribution in [0.4, 0.5) is 0 Å². The lowest BCUT2D eigenvalue weighted by molar-refractivity contribution is -0.146. The molecule has 19 heavy (non-hydrogen) atoms. The SMILES string of the molecule is C[C@H](NC(=O)C1CCCC1C(=O)O)c1ccccc1. The normalized spacial score (nSPS) is 23.8. The van der Waals surface area contributed by atoms with Crippen molar-refractivity contribution >= 4 is 11.9 Å². The molecule has 1 aliphatic rings. The van der Waals surface area contributed by atoms with E-state index in [4.69, 9.17) is 5.11 Å². The van der Waals surface area contributed by atoms with Crippen molar-refractivity contribution in [1.82, 2.24) is 5.32 Å². The Labute approximate surface area is 112 Å². The predicted molar refractivity (Wildman–Crippen MR) is 71.5 cm³/mol. The van der Waals surface area contributed by atoms with E-state index in [-0.39, 0.29) is 17.9 Å². The topological polar surface area (TPSA) is 66.4 Å². The van der Waals surface area contributed by atoms with Gasteiger partial charge in [-0.3, -0.25) is 9.59 Å². The molecule has 0 aromatic heterocycles. The summed E-state index contributed by atoms with van der Waals surface area (Å²) in [7, 11) is 0. The molecule has 4 heteroatoms. The van der Waals surface area contributed by atoms with Gasteiger partial charge in [0.2, 0.25) is 5.91 Å². The Kier molecular flexibility index (Phi) is 4.20. The summed E-state index contributed by atoms with van der Waals surface area (Å²) in [6.45, 7) is 1.91. The van der Waals surface area contributed by atoms with Crippen molar-refractivity contribution in [3.63, 3.8) is 0 Å². The number of benzene rings is 1. The lowest BCUT2D eigenvalue weighted by Gasteiger charge is -2.20. The molecule has 1 aliphatic carbocycles. The molecular weight excluding hydrogens is 242 g/mol. The number of hydrogen-bond acceptors (Lipinski definition) is 2. The lowest BCUT2D eigenvalue weighted by atomic mass is 9.94. The van der Waals surface area contributed by atoms with Crippen LogP contribution < -0.4 is 5.32 Å². The standard InChI is InChI=1S/C15H19NO3/c1-10(11-6-3-2-4-7-11)16-14(17)12-8-5-9-13(12)15(18)19/h2-4,6-7,10,12-13H,5,8-9H2,1H3,(H,16,17)(H,18,19)/t10-,12?,13?/m0/s1. The van der Waals surface area contributed by atoms with Crippen LogP contribution in [0.3, 0.4) is 0 Å². The van der Waals surface area contributed by atoms with Crippen LogP contribution >= 0.6 is 0 Å². The average molecular weight is 261 g/mol. The highest BCUT2D eigenvalue weighted by molar-refractivity contribution is 5.85. The molecule has 4 nitrogen and oxygen atoms in total.